The van der Waals surface area contributed by atoms with Crippen LogP contribution in [0.1, 0.15) is 18.9 Å². The quantitative estimate of drug-likeness (QED) is 0.867. The van der Waals surface area contributed by atoms with Crippen LogP contribution in [0.2, 0.25) is 0 Å². The first-order valence-corrected chi connectivity index (χ1v) is 8.95. The summed E-state index contributed by atoms with van der Waals surface area (Å²) in [5.41, 5.74) is 0.923. The number of piperidine rings is 1. The molecule has 5 heteroatoms. The average Bonchev–Trinajstić information content (AvgIpc) is 2.60. The number of likely N-dealkylation sites (tertiary alicyclic amines) is 1. The second-order valence-electron chi connectivity index (χ2n) is 7.19. The Morgan fingerprint density at radius 2 is 1.92 bits per heavy atom. The van der Waals surface area contributed by atoms with E-state index in [0.717, 1.165) is 17.0 Å². The molecule has 1 amide bonds. The number of ether oxygens (including phenoxy) is 1. The van der Waals surface area contributed by atoms with E-state index in [4.69, 9.17) is 4.74 Å². The highest BCUT2D eigenvalue weighted by Gasteiger charge is 2.40. The van der Waals surface area contributed by atoms with Gasteiger partial charge in [0.2, 0.25) is 5.91 Å². The van der Waals surface area contributed by atoms with Crippen molar-refractivity contribution in [3.8, 4) is 5.75 Å². The summed E-state index contributed by atoms with van der Waals surface area (Å²) in [7, 11) is 0. The molecule has 1 saturated heterocycles. The van der Waals surface area contributed by atoms with Gasteiger partial charge in [0.25, 0.3) is 0 Å². The highest BCUT2D eigenvalue weighted by molar-refractivity contribution is 5.92. The van der Waals surface area contributed by atoms with Crippen LogP contribution >= 0.6 is 0 Å². The van der Waals surface area contributed by atoms with E-state index in [-0.39, 0.29) is 18.6 Å². The van der Waals surface area contributed by atoms with Crippen LogP contribution in [0, 0.1) is 6.92 Å². The molecule has 2 aromatic rings. The third-order valence-corrected chi connectivity index (χ3v) is 4.67. The first kappa shape index (κ1) is 18.4. The zero-order valence-corrected chi connectivity index (χ0v) is 15.3. The van der Waals surface area contributed by atoms with Gasteiger partial charge in [-0.2, -0.15) is 0 Å². The van der Waals surface area contributed by atoms with Gasteiger partial charge in [-0.3, -0.25) is 9.69 Å². The summed E-state index contributed by atoms with van der Waals surface area (Å²) in [5.74, 6) is 0.676. The van der Waals surface area contributed by atoms with Crippen molar-refractivity contribution in [2.45, 2.75) is 32.0 Å². The first-order chi connectivity index (χ1) is 12.4. The van der Waals surface area contributed by atoms with E-state index in [9.17, 15) is 9.90 Å². The maximum atomic E-state index is 12.3. The predicted molar refractivity (Wildman–Crippen MR) is 102 cm³/mol. The van der Waals surface area contributed by atoms with E-state index in [1.807, 2.05) is 66.4 Å². The number of carbonyl (C=O) groups is 1. The molecule has 0 radical (unpaired) electrons. The Labute approximate surface area is 154 Å². The summed E-state index contributed by atoms with van der Waals surface area (Å²) in [4.78, 5) is 14.3. The molecule has 0 bridgehead atoms. The maximum Gasteiger partial charge on any atom is 0.238 e. The van der Waals surface area contributed by atoms with Crippen LogP contribution in [0.4, 0.5) is 5.69 Å². The van der Waals surface area contributed by atoms with E-state index >= 15 is 0 Å². The van der Waals surface area contributed by atoms with Gasteiger partial charge >= 0.3 is 0 Å². The Morgan fingerprint density at radius 3 is 2.58 bits per heavy atom. The topological polar surface area (TPSA) is 61.8 Å². The Balaban J connectivity index is 1.53. The first-order valence-electron chi connectivity index (χ1n) is 8.95. The third-order valence-electron chi connectivity index (χ3n) is 4.67. The summed E-state index contributed by atoms with van der Waals surface area (Å²) >= 11 is 0. The number of aryl methyl sites for hydroxylation is 1. The van der Waals surface area contributed by atoms with E-state index in [2.05, 4.69) is 5.32 Å². The molecule has 2 atom stereocenters. The van der Waals surface area contributed by atoms with Crippen LogP contribution in [0.15, 0.2) is 54.6 Å². The van der Waals surface area contributed by atoms with Crippen LogP contribution < -0.4 is 10.1 Å². The second-order valence-corrected chi connectivity index (χ2v) is 7.19. The number of β-amino-alcohol motifs (C(OH)–C–C–N with tert-alkyl or cyclic N) is 1. The number of para-hydroxylation sites is 1. The van der Waals surface area contributed by atoms with Crippen molar-refractivity contribution in [2.24, 2.45) is 0 Å². The van der Waals surface area contributed by atoms with Crippen LogP contribution in [-0.2, 0) is 4.79 Å². The van der Waals surface area contributed by atoms with Gasteiger partial charge in [0, 0.05) is 18.8 Å². The number of aliphatic hydroxyl groups is 1. The summed E-state index contributed by atoms with van der Waals surface area (Å²) in [5, 5.41) is 13.7. The molecular weight excluding hydrogens is 328 g/mol. The van der Waals surface area contributed by atoms with Crippen molar-refractivity contribution in [1.29, 1.82) is 0 Å². The summed E-state index contributed by atoms with van der Waals surface area (Å²) in [6, 6.07) is 17.2. The Hall–Kier alpha value is -2.37. The van der Waals surface area contributed by atoms with Gasteiger partial charge < -0.3 is 15.2 Å². The number of nitrogens with one attached hydrogen (secondary N) is 1. The monoisotopic (exact) mass is 354 g/mol. The fourth-order valence-corrected chi connectivity index (χ4v) is 3.27. The maximum absolute atomic E-state index is 12.3. The normalized spacial score (nSPS) is 23.4. The number of amides is 1. The number of hydrogen-bond acceptors (Lipinski definition) is 4. The number of benzene rings is 2. The molecule has 1 aliphatic heterocycles. The van der Waals surface area contributed by atoms with Crippen LogP contribution in [0.5, 0.6) is 5.75 Å². The summed E-state index contributed by atoms with van der Waals surface area (Å²) in [6.07, 6.45) is 0.376. The van der Waals surface area contributed by atoms with Crippen molar-refractivity contribution in [1.82, 2.24) is 4.90 Å². The lowest BCUT2D eigenvalue weighted by Gasteiger charge is -2.42. The van der Waals surface area contributed by atoms with Gasteiger partial charge in [-0.25, -0.2) is 0 Å². The van der Waals surface area contributed by atoms with Crippen molar-refractivity contribution < 1.29 is 14.6 Å². The average molecular weight is 354 g/mol. The highest BCUT2D eigenvalue weighted by atomic mass is 16.5. The van der Waals surface area contributed by atoms with Crippen molar-refractivity contribution in [2.75, 3.05) is 25.0 Å². The molecule has 2 aromatic carbocycles. The van der Waals surface area contributed by atoms with Gasteiger partial charge in [-0.1, -0.05) is 35.9 Å². The van der Waals surface area contributed by atoms with Crippen molar-refractivity contribution in [3.63, 3.8) is 0 Å². The molecule has 0 saturated carbocycles. The standard InChI is InChI=1S/C21H26N2O3/c1-16-8-10-17(11-9-16)22-20(24)14-23-13-12-19(21(2,25)15-23)26-18-6-4-3-5-7-18/h3-11,19,25H,12-15H2,1-2H3,(H,22,24)/t19-,21-/m0/s1. The zero-order valence-electron chi connectivity index (χ0n) is 15.3. The number of hydrogen-bond donors (Lipinski definition) is 2. The minimum absolute atomic E-state index is 0.0768. The predicted octanol–water partition coefficient (Wildman–Crippen LogP) is 2.84. The van der Waals surface area contributed by atoms with E-state index in [1.54, 1.807) is 6.92 Å². The van der Waals surface area contributed by atoms with Crippen LogP contribution in [0.3, 0.4) is 0 Å². The Bertz CT molecular complexity index is 729. The fraction of sp³-hybridized carbons (Fsp3) is 0.381. The molecule has 0 aliphatic carbocycles. The van der Waals surface area contributed by atoms with Crippen molar-refractivity contribution in [3.05, 3.63) is 60.2 Å². The molecule has 5 nitrogen and oxygen atoms in total. The Morgan fingerprint density at radius 1 is 1.23 bits per heavy atom. The molecule has 2 N–H and O–H groups in total. The second kappa shape index (κ2) is 7.89. The lowest BCUT2D eigenvalue weighted by atomic mass is 9.91. The van der Waals surface area contributed by atoms with Gasteiger partial charge in [-0.05, 0) is 44.5 Å². The molecule has 0 unspecified atom stereocenters. The van der Waals surface area contributed by atoms with E-state index < -0.39 is 5.60 Å². The largest absolute Gasteiger partial charge is 0.487 e. The number of carbonyl (C=O) groups excluding carboxylic acids is 1. The van der Waals surface area contributed by atoms with Crippen LogP contribution in [0.25, 0.3) is 0 Å². The van der Waals surface area contributed by atoms with Crippen molar-refractivity contribution >= 4 is 11.6 Å². The SMILES string of the molecule is Cc1ccc(NC(=O)CN2CC[C@H](Oc3ccccc3)[C@@](C)(O)C2)cc1. The van der Waals surface area contributed by atoms with Gasteiger partial charge in [-0.15, -0.1) is 0 Å². The molecule has 0 aromatic heterocycles. The highest BCUT2D eigenvalue weighted by Crippen LogP contribution is 2.26. The third kappa shape index (κ3) is 4.84. The van der Waals surface area contributed by atoms with E-state index in [0.29, 0.717) is 19.5 Å². The molecule has 3 rings (SSSR count). The van der Waals surface area contributed by atoms with Gasteiger partial charge in [0.1, 0.15) is 17.5 Å². The molecule has 0 spiro atoms. The molecule has 1 aliphatic rings. The van der Waals surface area contributed by atoms with Crippen LogP contribution in [-0.4, -0.2) is 47.3 Å². The zero-order chi connectivity index (χ0) is 18.6. The minimum atomic E-state index is -1.02. The van der Waals surface area contributed by atoms with Gasteiger partial charge in [0.05, 0.1) is 6.54 Å². The number of rotatable bonds is 5. The molecule has 138 valence electrons. The molecule has 1 heterocycles. The summed E-state index contributed by atoms with van der Waals surface area (Å²) < 4.78 is 5.95. The molecular formula is C21H26N2O3. The lowest BCUT2D eigenvalue weighted by Crippen LogP contribution is -2.58. The number of anilines is 1. The lowest BCUT2D eigenvalue weighted by molar-refractivity contribution is -0.123. The minimum Gasteiger partial charge on any atom is -0.487 e. The fourth-order valence-electron chi connectivity index (χ4n) is 3.27. The molecule has 1 fully saturated rings. The molecule has 26 heavy (non-hydrogen) atoms. The Kier molecular flexibility index (Phi) is 5.59. The smallest absolute Gasteiger partial charge is 0.238 e. The van der Waals surface area contributed by atoms with Gasteiger partial charge in [0.15, 0.2) is 0 Å². The number of nitrogens with zero attached hydrogens (tertiary/aromatic N) is 1. The van der Waals surface area contributed by atoms with E-state index in [1.165, 1.54) is 0 Å². The summed E-state index contributed by atoms with van der Waals surface area (Å²) in [6.45, 7) is 5.13.